The molecule has 0 bridgehead atoms. The van der Waals surface area contributed by atoms with E-state index in [0.717, 1.165) is 35.4 Å². The fraction of sp³-hybridized carbons (Fsp3) is 0.333. The van der Waals surface area contributed by atoms with Gasteiger partial charge in [0, 0.05) is 23.9 Å². The van der Waals surface area contributed by atoms with Crippen LogP contribution in [0.2, 0.25) is 0 Å². The Morgan fingerprint density at radius 1 is 1.27 bits per heavy atom. The fourth-order valence-corrected chi connectivity index (χ4v) is 4.83. The number of thiophene rings is 1. The van der Waals surface area contributed by atoms with Crippen LogP contribution in [0.3, 0.4) is 0 Å². The number of ether oxygens (including phenoxy) is 1. The molecule has 1 amide bonds. The summed E-state index contributed by atoms with van der Waals surface area (Å²) >= 11 is 2.64. The van der Waals surface area contributed by atoms with Crippen LogP contribution >= 0.6 is 23.1 Å². The molecule has 1 fully saturated rings. The van der Waals surface area contributed by atoms with E-state index in [1.165, 1.54) is 30.2 Å². The number of hydrogen-bond acceptors (Lipinski definition) is 7. The Kier molecular flexibility index (Phi) is 5.92. The van der Waals surface area contributed by atoms with Crippen molar-refractivity contribution in [2.75, 3.05) is 18.2 Å². The highest BCUT2D eigenvalue weighted by Gasteiger charge is 2.29. The topological polar surface area (TPSA) is 86.1 Å². The summed E-state index contributed by atoms with van der Waals surface area (Å²) in [7, 11) is 3.27. The van der Waals surface area contributed by atoms with Crippen LogP contribution in [0.25, 0.3) is 11.1 Å². The van der Waals surface area contributed by atoms with Crippen molar-refractivity contribution >= 4 is 40.0 Å². The van der Waals surface area contributed by atoms with Crippen molar-refractivity contribution < 1.29 is 14.3 Å². The zero-order chi connectivity index (χ0) is 21.3. The molecule has 1 aliphatic carbocycles. The number of rotatable bonds is 7. The van der Waals surface area contributed by atoms with Crippen molar-refractivity contribution in [2.24, 2.45) is 7.05 Å². The summed E-state index contributed by atoms with van der Waals surface area (Å²) in [5.74, 6) is 0.969. The highest BCUT2D eigenvalue weighted by Crippen LogP contribution is 2.40. The van der Waals surface area contributed by atoms with E-state index in [2.05, 4.69) is 15.5 Å². The van der Waals surface area contributed by atoms with Gasteiger partial charge in [-0.1, -0.05) is 41.6 Å². The molecular formula is C21H22N4O3S2. The molecule has 1 aliphatic rings. The van der Waals surface area contributed by atoms with E-state index in [1.54, 1.807) is 0 Å². The van der Waals surface area contributed by atoms with Crippen LogP contribution in [0.4, 0.5) is 5.00 Å². The maximum Gasteiger partial charge on any atom is 0.341 e. The third kappa shape index (κ3) is 4.27. The summed E-state index contributed by atoms with van der Waals surface area (Å²) in [6, 6.07) is 7.88. The minimum atomic E-state index is -0.475. The average Bonchev–Trinajstić information content (AvgIpc) is 3.40. The molecular weight excluding hydrogens is 420 g/mol. The number of thioether (sulfide) groups is 1. The van der Waals surface area contributed by atoms with Crippen molar-refractivity contribution in [3.63, 3.8) is 0 Å². The number of aromatic nitrogens is 3. The molecule has 4 rings (SSSR count). The number of esters is 1. The van der Waals surface area contributed by atoms with Crippen LogP contribution in [-0.2, 0) is 16.6 Å². The molecule has 1 N–H and O–H groups in total. The summed E-state index contributed by atoms with van der Waals surface area (Å²) in [4.78, 5) is 25.0. The zero-order valence-electron chi connectivity index (χ0n) is 17.0. The van der Waals surface area contributed by atoms with E-state index in [1.807, 2.05) is 48.2 Å². The first kappa shape index (κ1) is 20.6. The summed E-state index contributed by atoms with van der Waals surface area (Å²) in [6.07, 6.45) is 2.30. The van der Waals surface area contributed by atoms with Crippen molar-refractivity contribution in [1.29, 1.82) is 0 Å². The SMILES string of the molecule is COC(=O)c1c(-c2ccc(C)cc2)csc1NC(=O)CSc1nnc(C2CC2)n1C. The first-order valence-electron chi connectivity index (χ1n) is 9.56. The largest absolute Gasteiger partial charge is 0.465 e. The van der Waals surface area contributed by atoms with Crippen molar-refractivity contribution in [1.82, 2.24) is 14.8 Å². The standard InChI is InChI=1S/C21H22N4O3S2/c1-12-4-6-13(7-5-12)15-10-29-19(17(15)20(27)28-3)22-16(26)11-30-21-24-23-18(25(21)2)14-8-9-14/h4-7,10,14H,8-9,11H2,1-3H3,(H,22,26). The second-order valence-corrected chi connectivity index (χ2v) is 9.04. The number of amides is 1. The van der Waals surface area contributed by atoms with Crippen LogP contribution < -0.4 is 5.32 Å². The normalized spacial score (nSPS) is 13.3. The molecule has 3 aromatic rings. The second-order valence-electron chi connectivity index (χ2n) is 7.22. The van der Waals surface area contributed by atoms with Gasteiger partial charge >= 0.3 is 5.97 Å². The number of methoxy groups -OCH3 is 1. The van der Waals surface area contributed by atoms with E-state index in [-0.39, 0.29) is 11.7 Å². The molecule has 2 aromatic heterocycles. The van der Waals surface area contributed by atoms with Gasteiger partial charge in [0.15, 0.2) is 5.16 Å². The molecule has 7 nitrogen and oxygen atoms in total. The molecule has 0 atom stereocenters. The van der Waals surface area contributed by atoms with Crippen molar-refractivity contribution in [2.45, 2.75) is 30.8 Å². The average molecular weight is 443 g/mol. The monoisotopic (exact) mass is 442 g/mol. The number of carbonyl (C=O) groups excluding carboxylic acids is 2. The fourth-order valence-electron chi connectivity index (χ4n) is 3.14. The van der Waals surface area contributed by atoms with Crippen LogP contribution in [0.15, 0.2) is 34.8 Å². The van der Waals surface area contributed by atoms with Gasteiger partial charge in [-0.25, -0.2) is 4.79 Å². The molecule has 0 radical (unpaired) electrons. The van der Waals surface area contributed by atoms with Crippen LogP contribution in [0.5, 0.6) is 0 Å². The number of benzene rings is 1. The maximum atomic E-state index is 12.6. The number of aryl methyl sites for hydroxylation is 1. The van der Waals surface area contributed by atoms with Gasteiger partial charge in [-0.15, -0.1) is 21.5 Å². The van der Waals surface area contributed by atoms with Gasteiger partial charge in [-0.3, -0.25) is 4.79 Å². The third-order valence-electron chi connectivity index (χ3n) is 4.94. The minimum absolute atomic E-state index is 0.176. The second kappa shape index (κ2) is 8.61. The lowest BCUT2D eigenvalue weighted by Gasteiger charge is -2.08. The van der Waals surface area contributed by atoms with Crippen LogP contribution in [0, 0.1) is 6.92 Å². The lowest BCUT2D eigenvalue weighted by Crippen LogP contribution is -2.16. The van der Waals surface area contributed by atoms with E-state index in [4.69, 9.17) is 4.74 Å². The molecule has 9 heteroatoms. The number of anilines is 1. The summed E-state index contributed by atoms with van der Waals surface area (Å²) < 4.78 is 6.92. The zero-order valence-corrected chi connectivity index (χ0v) is 18.6. The van der Waals surface area contributed by atoms with Gasteiger partial charge in [0.2, 0.25) is 5.91 Å². The third-order valence-corrected chi connectivity index (χ3v) is 6.86. The Morgan fingerprint density at radius 3 is 2.67 bits per heavy atom. The van der Waals surface area contributed by atoms with E-state index in [9.17, 15) is 9.59 Å². The molecule has 2 heterocycles. The number of nitrogens with one attached hydrogen (secondary N) is 1. The Labute approximate surface area is 182 Å². The molecule has 1 aromatic carbocycles. The maximum absolute atomic E-state index is 12.6. The highest BCUT2D eigenvalue weighted by molar-refractivity contribution is 7.99. The lowest BCUT2D eigenvalue weighted by atomic mass is 10.0. The molecule has 0 unspecified atom stereocenters. The predicted molar refractivity (Wildman–Crippen MR) is 118 cm³/mol. The molecule has 0 aliphatic heterocycles. The number of carbonyl (C=O) groups is 2. The summed E-state index contributed by atoms with van der Waals surface area (Å²) in [5.41, 5.74) is 3.16. The van der Waals surface area contributed by atoms with Gasteiger partial charge in [-0.2, -0.15) is 0 Å². The molecule has 1 saturated carbocycles. The predicted octanol–water partition coefficient (Wildman–Crippen LogP) is 4.25. The van der Waals surface area contributed by atoms with Gasteiger partial charge in [-0.05, 0) is 25.3 Å². The van der Waals surface area contributed by atoms with Crippen molar-refractivity contribution in [3.8, 4) is 11.1 Å². The number of hydrogen-bond donors (Lipinski definition) is 1. The Bertz CT molecular complexity index is 1080. The van der Waals surface area contributed by atoms with Gasteiger partial charge < -0.3 is 14.6 Å². The van der Waals surface area contributed by atoms with E-state index >= 15 is 0 Å². The van der Waals surface area contributed by atoms with E-state index in [0.29, 0.717) is 21.6 Å². The van der Waals surface area contributed by atoms with Gasteiger partial charge in [0.25, 0.3) is 0 Å². The molecule has 156 valence electrons. The Balaban J connectivity index is 1.48. The van der Waals surface area contributed by atoms with Crippen LogP contribution in [-0.4, -0.2) is 39.5 Å². The number of nitrogens with zero attached hydrogens (tertiary/aromatic N) is 3. The first-order chi connectivity index (χ1) is 14.5. The Hall–Kier alpha value is -2.65. The van der Waals surface area contributed by atoms with Gasteiger partial charge in [0.05, 0.1) is 12.9 Å². The molecule has 30 heavy (non-hydrogen) atoms. The smallest absolute Gasteiger partial charge is 0.341 e. The minimum Gasteiger partial charge on any atom is -0.465 e. The quantitative estimate of drug-likeness (QED) is 0.435. The first-order valence-corrected chi connectivity index (χ1v) is 11.4. The molecule has 0 spiro atoms. The summed E-state index contributed by atoms with van der Waals surface area (Å²) in [6.45, 7) is 2.01. The van der Waals surface area contributed by atoms with Crippen molar-refractivity contribution in [3.05, 3.63) is 46.6 Å². The van der Waals surface area contributed by atoms with Crippen LogP contribution in [0.1, 0.15) is 40.5 Å². The van der Waals surface area contributed by atoms with Gasteiger partial charge in [0.1, 0.15) is 16.4 Å². The summed E-state index contributed by atoms with van der Waals surface area (Å²) in [5, 5.41) is 14.3. The lowest BCUT2D eigenvalue weighted by molar-refractivity contribution is -0.113. The highest BCUT2D eigenvalue weighted by atomic mass is 32.2. The van der Waals surface area contributed by atoms with E-state index < -0.39 is 5.97 Å². The Morgan fingerprint density at radius 2 is 2.00 bits per heavy atom. The molecule has 0 saturated heterocycles.